The van der Waals surface area contributed by atoms with Gasteiger partial charge in [0.05, 0.1) is 15.5 Å². The number of fused-ring (bicyclic) bond motifs is 1. The van der Waals surface area contributed by atoms with Gasteiger partial charge in [0, 0.05) is 37.4 Å². The van der Waals surface area contributed by atoms with Crippen molar-refractivity contribution in [2.24, 2.45) is 10.3 Å². The molecule has 4 aromatic rings. The van der Waals surface area contributed by atoms with Crippen molar-refractivity contribution in [3.8, 4) is 22.4 Å². The first-order chi connectivity index (χ1) is 17.3. The van der Waals surface area contributed by atoms with E-state index in [1.807, 2.05) is 0 Å². The molecule has 0 saturated heterocycles. The van der Waals surface area contributed by atoms with Crippen molar-refractivity contribution in [2.45, 2.75) is 42.2 Å². The van der Waals surface area contributed by atoms with Crippen LogP contribution in [0.3, 0.4) is 0 Å². The third kappa shape index (κ3) is 6.00. The van der Waals surface area contributed by atoms with E-state index < -0.39 is 28.1 Å². The normalized spacial score (nSPS) is 12.8. The highest BCUT2D eigenvalue weighted by atomic mass is 32.2. The Hall–Kier alpha value is -2.87. The molecule has 4 N–H and O–H groups in total. The van der Waals surface area contributed by atoms with Crippen molar-refractivity contribution in [2.75, 3.05) is 6.61 Å². The molecule has 0 amide bonds. The molecule has 0 spiro atoms. The fraction of sp³-hybridized carbons (Fsp3) is 0.240. The third-order valence-electron chi connectivity index (χ3n) is 5.97. The van der Waals surface area contributed by atoms with Crippen LogP contribution < -0.4 is 10.3 Å². The standard InChI is InChI=1S/C25H30N4O5S2Si/c1-37(2,3)15-14-34-17-29-22(20-9-5-7-11-24(20)36(27,32)33)16-21-18(12-13-28-25(21)29)19-8-4-6-10-23(19)35(26,30)31/h4-13,16H,14-15,17H2,1-3H3,(H2,26,30,31)(H2,27,32,33). The molecule has 12 heteroatoms. The van der Waals surface area contributed by atoms with E-state index in [1.165, 1.54) is 12.1 Å². The molecular weight excluding hydrogens is 529 g/mol. The fourth-order valence-electron chi connectivity index (χ4n) is 4.13. The van der Waals surface area contributed by atoms with Crippen molar-refractivity contribution < 1.29 is 21.6 Å². The number of nitrogens with zero attached hydrogens (tertiary/aromatic N) is 2. The molecule has 0 aliphatic rings. The van der Waals surface area contributed by atoms with E-state index in [0.29, 0.717) is 40.0 Å². The zero-order chi connectivity index (χ0) is 27.0. The van der Waals surface area contributed by atoms with E-state index in [2.05, 4.69) is 24.6 Å². The minimum atomic E-state index is -4.03. The van der Waals surface area contributed by atoms with Gasteiger partial charge in [-0.25, -0.2) is 32.1 Å². The SMILES string of the molecule is C[Si](C)(C)CCOCn1c(-c2ccccc2S(N)(=O)=O)cc2c(-c3ccccc3S(N)(=O)=O)ccnc21. The van der Waals surface area contributed by atoms with E-state index in [4.69, 9.17) is 15.0 Å². The summed E-state index contributed by atoms with van der Waals surface area (Å²) in [7, 11) is -9.38. The molecule has 9 nitrogen and oxygen atoms in total. The summed E-state index contributed by atoms with van der Waals surface area (Å²) < 4.78 is 57.3. The molecule has 37 heavy (non-hydrogen) atoms. The van der Waals surface area contributed by atoms with Gasteiger partial charge >= 0.3 is 0 Å². The molecule has 0 aliphatic heterocycles. The monoisotopic (exact) mass is 558 g/mol. The van der Waals surface area contributed by atoms with Gasteiger partial charge in [-0.15, -0.1) is 0 Å². The lowest BCUT2D eigenvalue weighted by molar-refractivity contribution is 0.0909. The molecule has 0 fully saturated rings. The summed E-state index contributed by atoms with van der Waals surface area (Å²) in [6, 6.07) is 17.3. The Balaban J connectivity index is 1.96. The first-order valence-corrected chi connectivity index (χ1v) is 18.4. The second kappa shape index (κ2) is 10.1. The molecule has 0 atom stereocenters. The van der Waals surface area contributed by atoms with Gasteiger partial charge in [-0.1, -0.05) is 56.0 Å². The van der Waals surface area contributed by atoms with Gasteiger partial charge < -0.3 is 9.30 Å². The summed E-state index contributed by atoms with van der Waals surface area (Å²) in [4.78, 5) is 4.50. The maximum absolute atomic E-state index is 12.4. The molecule has 196 valence electrons. The Morgan fingerprint density at radius 2 is 1.41 bits per heavy atom. The molecule has 2 aromatic heterocycles. The Labute approximate surface area is 218 Å². The number of pyridine rings is 1. The van der Waals surface area contributed by atoms with E-state index in [-0.39, 0.29) is 16.5 Å². The first-order valence-electron chi connectivity index (χ1n) is 11.6. The number of hydrogen-bond donors (Lipinski definition) is 2. The molecule has 0 aliphatic carbocycles. The lowest BCUT2D eigenvalue weighted by atomic mass is 10.0. The number of hydrogen-bond acceptors (Lipinski definition) is 6. The van der Waals surface area contributed by atoms with Crippen LogP contribution in [0.4, 0.5) is 0 Å². The second-order valence-corrected chi connectivity index (χ2v) is 18.7. The van der Waals surface area contributed by atoms with Crippen LogP contribution in [-0.2, 0) is 31.5 Å². The number of primary sulfonamides is 2. The van der Waals surface area contributed by atoms with Gasteiger partial charge in [0.1, 0.15) is 12.4 Å². The molecule has 2 aromatic carbocycles. The number of sulfonamides is 2. The minimum Gasteiger partial charge on any atom is -0.361 e. The number of rotatable bonds is 9. The van der Waals surface area contributed by atoms with Crippen LogP contribution in [0.15, 0.2) is 76.7 Å². The van der Waals surface area contributed by atoms with E-state index in [1.54, 1.807) is 59.3 Å². The Bertz CT molecular complexity index is 1680. The second-order valence-electron chi connectivity index (χ2n) is 9.98. The summed E-state index contributed by atoms with van der Waals surface area (Å²) in [5.41, 5.74) is 2.43. The molecule has 0 radical (unpaired) electrons. The van der Waals surface area contributed by atoms with E-state index in [0.717, 1.165) is 6.04 Å². The number of benzene rings is 2. The van der Waals surface area contributed by atoms with Crippen LogP contribution in [-0.4, -0.2) is 41.1 Å². The summed E-state index contributed by atoms with van der Waals surface area (Å²) in [5, 5.41) is 11.7. The predicted octanol–water partition coefficient (Wildman–Crippen LogP) is 3.98. The van der Waals surface area contributed by atoms with E-state index >= 15 is 0 Å². The zero-order valence-electron chi connectivity index (χ0n) is 20.9. The van der Waals surface area contributed by atoms with Crippen LogP contribution in [0, 0.1) is 0 Å². The highest BCUT2D eigenvalue weighted by Gasteiger charge is 2.23. The average molecular weight is 559 g/mol. The molecular formula is C25H30N4O5S2Si. The highest BCUT2D eigenvalue weighted by molar-refractivity contribution is 7.89. The van der Waals surface area contributed by atoms with Crippen LogP contribution >= 0.6 is 0 Å². The average Bonchev–Trinajstić information content (AvgIpc) is 3.19. The minimum absolute atomic E-state index is 0.0203. The van der Waals surface area contributed by atoms with Gasteiger partial charge in [-0.3, -0.25) is 0 Å². The van der Waals surface area contributed by atoms with Gasteiger partial charge in [0.25, 0.3) is 0 Å². The summed E-state index contributed by atoms with van der Waals surface area (Å²) >= 11 is 0. The van der Waals surface area contributed by atoms with Gasteiger partial charge in [0.2, 0.25) is 20.0 Å². The van der Waals surface area contributed by atoms with Crippen LogP contribution in [0.5, 0.6) is 0 Å². The zero-order valence-corrected chi connectivity index (χ0v) is 23.5. The first kappa shape index (κ1) is 27.2. The topological polar surface area (TPSA) is 147 Å². The summed E-state index contributed by atoms with van der Waals surface area (Å²) in [6.45, 7) is 7.43. The van der Waals surface area contributed by atoms with Gasteiger partial charge in [-0.05, 0) is 35.9 Å². The summed E-state index contributed by atoms with van der Waals surface area (Å²) in [5.74, 6) is 0. The molecule has 2 heterocycles. The lowest BCUT2D eigenvalue weighted by Crippen LogP contribution is -2.22. The molecule has 0 unspecified atom stereocenters. The van der Waals surface area contributed by atoms with Gasteiger partial charge in [-0.2, -0.15) is 0 Å². The lowest BCUT2D eigenvalue weighted by Gasteiger charge is -2.17. The molecule has 0 saturated carbocycles. The number of nitrogens with two attached hydrogens (primary N) is 2. The van der Waals surface area contributed by atoms with Crippen molar-refractivity contribution in [1.82, 2.24) is 9.55 Å². The number of ether oxygens (including phenoxy) is 1. The van der Waals surface area contributed by atoms with Crippen molar-refractivity contribution in [1.29, 1.82) is 0 Å². The maximum atomic E-state index is 12.4. The Kier molecular flexibility index (Phi) is 7.43. The fourth-order valence-corrected chi connectivity index (χ4v) is 6.39. The Morgan fingerprint density at radius 1 is 0.838 bits per heavy atom. The van der Waals surface area contributed by atoms with Crippen molar-refractivity contribution >= 4 is 39.2 Å². The van der Waals surface area contributed by atoms with Gasteiger partial charge in [0.15, 0.2) is 0 Å². The largest absolute Gasteiger partial charge is 0.361 e. The van der Waals surface area contributed by atoms with Crippen LogP contribution in [0.2, 0.25) is 25.7 Å². The quantitative estimate of drug-likeness (QED) is 0.235. The van der Waals surface area contributed by atoms with Crippen molar-refractivity contribution in [3.05, 3.63) is 66.9 Å². The highest BCUT2D eigenvalue weighted by Crippen LogP contribution is 2.37. The van der Waals surface area contributed by atoms with Crippen LogP contribution in [0.1, 0.15) is 0 Å². The number of aromatic nitrogens is 2. The van der Waals surface area contributed by atoms with Crippen molar-refractivity contribution in [3.63, 3.8) is 0 Å². The Morgan fingerprint density at radius 3 is 2.00 bits per heavy atom. The predicted molar refractivity (Wildman–Crippen MR) is 147 cm³/mol. The third-order valence-corrected chi connectivity index (χ3v) is 9.61. The smallest absolute Gasteiger partial charge is 0.238 e. The molecule has 0 bridgehead atoms. The summed E-state index contributed by atoms with van der Waals surface area (Å²) in [6.07, 6.45) is 1.57. The molecule has 4 rings (SSSR count). The van der Waals surface area contributed by atoms with Crippen LogP contribution in [0.25, 0.3) is 33.4 Å². The maximum Gasteiger partial charge on any atom is 0.238 e. The van der Waals surface area contributed by atoms with E-state index in [9.17, 15) is 16.8 Å².